The lowest BCUT2D eigenvalue weighted by molar-refractivity contribution is 0.0363. The molecule has 1 rings (SSSR count). The van der Waals surface area contributed by atoms with Crippen LogP contribution in [-0.2, 0) is 4.74 Å². The zero-order valence-electron chi connectivity index (χ0n) is 8.11. The summed E-state index contributed by atoms with van der Waals surface area (Å²) in [5.74, 6) is 0. The SMILES string of the molecule is CCCOCC(O)c1ccnc(Cl)c1. The first kappa shape index (κ1) is 11.4. The Morgan fingerprint density at radius 3 is 3.07 bits per heavy atom. The van der Waals surface area contributed by atoms with Crippen molar-refractivity contribution in [3.05, 3.63) is 29.0 Å². The summed E-state index contributed by atoms with van der Waals surface area (Å²) in [6.45, 7) is 2.99. The van der Waals surface area contributed by atoms with E-state index in [0.29, 0.717) is 18.4 Å². The maximum absolute atomic E-state index is 9.66. The highest BCUT2D eigenvalue weighted by Gasteiger charge is 2.07. The Kier molecular flexibility index (Phi) is 4.87. The number of pyridine rings is 1. The molecule has 0 aliphatic carbocycles. The lowest BCUT2D eigenvalue weighted by atomic mass is 10.2. The number of hydrogen-bond acceptors (Lipinski definition) is 3. The quantitative estimate of drug-likeness (QED) is 0.605. The molecule has 0 aromatic carbocycles. The standard InChI is InChI=1S/C10H14ClNO2/c1-2-5-14-7-9(13)8-3-4-12-10(11)6-8/h3-4,6,9,13H,2,5,7H2,1H3. The molecule has 3 nitrogen and oxygen atoms in total. The topological polar surface area (TPSA) is 42.4 Å². The van der Waals surface area contributed by atoms with E-state index in [1.54, 1.807) is 18.3 Å². The third-order valence-corrected chi connectivity index (χ3v) is 1.97. The monoisotopic (exact) mass is 215 g/mol. The van der Waals surface area contributed by atoms with E-state index in [9.17, 15) is 5.11 Å². The summed E-state index contributed by atoms with van der Waals surface area (Å²) in [6, 6.07) is 3.37. The number of nitrogens with zero attached hydrogens (tertiary/aromatic N) is 1. The molecular formula is C10H14ClNO2. The van der Waals surface area contributed by atoms with Gasteiger partial charge < -0.3 is 9.84 Å². The van der Waals surface area contributed by atoms with Crippen molar-refractivity contribution in [1.82, 2.24) is 4.98 Å². The van der Waals surface area contributed by atoms with E-state index in [2.05, 4.69) is 4.98 Å². The average Bonchev–Trinajstić information content (AvgIpc) is 2.18. The first-order valence-corrected chi connectivity index (χ1v) is 4.99. The molecule has 1 heterocycles. The molecular weight excluding hydrogens is 202 g/mol. The number of halogens is 1. The predicted molar refractivity (Wildman–Crippen MR) is 55.3 cm³/mol. The fourth-order valence-corrected chi connectivity index (χ4v) is 1.24. The molecule has 0 saturated heterocycles. The maximum Gasteiger partial charge on any atom is 0.129 e. The number of aliphatic hydroxyl groups excluding tert-OH is 1. The van der Waals surface area contributed by atoms with Gasteiger partial charge in [-0.3, -0.25) is 0 Å². The molecule has 0 aliphatic rings. The van der Waals surface area contributed by atoms with Gasteiger partial charge in [0.2, 0.25) is 0 Å². The van der Waals surface area contributed by atoms with Crippen LogP contribution in [0.2, 0.25) is 5.15 Å². The van der Waals surface area contributed by atoms with Crippen LogP contribution >= 0.6 is 11.6 Å². The molecule has 0 amide bonds. The summed E-state index contributed by atoms with van der Waals surface area (Å²) in [5, 5.41) is 10.0. The first-order valence-electron chi connectivity index (χ1n) is 4.61. The van der Waals surface area contributed by atoms with Gasteiger partial charge in [-0.25, -0.2) is 4.98 Å². The second-order valence-corrected chi connectivity index (χ2v) is 3.39. The average molecular weight is 216 g/mol. The second kappa shape index (κ2) is 5.96. The van der Waals surface area contributed by atoms with Crippen LogP contribution in [0.5, 0.6) is 0 Å². The highest BCUT2D eigenvalue weighted by atomic mass is 35.5. The molecule has 0 fully saturated rings. The van der Waals surface area contributed by atoms with E-state index >= 15 is 0 Å². The Hall–Kier alpha value is -0.640. The van der Waals surface area contributed by atoms with Crippen molar-refractivity contribution < 1.29 is 9.84 Å². The fourth-order valence-electron chi connectivity index (χ4n) is 1.06. The third-order valence-electron chi connectivity index (χ3n) is 1.76. The number of ether oxygens (including phenoxy) is 1. The van der Waals surface area contributed by atoms with E-state index in [1.165, 1.54) is 0 Å². The van der Waals surface area contributed by atoms with Crippen LogP contribution in [0, 0.1) is 0 Å². The molecule has 1 aromatic heterocycles. The van der Waals surface area contributed by atoms with Crippen molar-refractivity contribution >= 4 is 11.6 Å². The minimum atomic E-state index is -0.623. The molecule has 0 spiro atoms. The van der Waals surface area contributed by atoms with Crippen molar-refractivity contribution in [2.75, 3.05) is 13.2 Å². The minimum absolute atomic E-state index is 0.300. The highest BCUT2D eigenvalue weighted by Crippen LogP contribution is 2.15. The summed E-state index contributed by atoms with van der Waals surface area (Å²) in [4.78, 5) is 3.83. The van der Waals surface area contributed by atoms with Gasteiger partial charge in [0.05, 0.1) is 6.61 Å². The molecule has 4 heteroatoms. The first-order chi connectivity index (χ1) is 6.74. The van der Waals surface area contributed by atoms with Crippen LogP contribution in [0.4, 0.5) is 0 Å². The van der Waals surface area contributed by atoms with Gasteiger partial charge in [0.1, 0.15) is 11.3 Å². The van der Waals surface area contributed by atoms with Gasteiger partial charge in [0, 0.05) is 12.8 Å². The van der Waals surface area contributed by atoms with Crippen LogP contribution < -0.4 is 0 Å². The van der Waals surface area contributed by atoms with E-state index < -0.39 is 6.10 Å². The zero-order chi connectivity index (χ0) is 10.4. The van der Waals surface area contributed by atoms with E-state index in [0.717, 1.165) is 12.0 Å². The van der Waals surface area contributed by atoms with Crippen LogP contribution in [0.3, 0.4) is 0 Å². The summed E-state index contributed by atoms with van der Waals surface area (Å²) in [5.41, 5.74) is 0.737. The number of aliphatic hydroxyl groups is 1. The van der Waals surface area contributed by atoms with E-state index in [4.69, 9.17) is 16.3 Å². The van der Waals surface area contributed by atoms with Crippen molar-refractivity contribution in [3.63, 3.8) is 0 Å². The van der Waals surface area contributed by atoms with Crippen molar-refractivity contribution in [2.45, 2.75) is 19.4 Å². The molecule has 1 N–H and O–H groups in total. The lowest BCUT2D eigenvalue weighted by Crippen LogP contribution is -2.07. The van der Waals surface area contributed by atoms with Crippen LogP contribution in [-0.4, -0.2) is 23.3 Å². The summed E-state index contributed by atoms with van der Waals surface area (Å²) in [6.07, 6.45) is 1.90. The zero-order valence-corrected chi connectivity index (χ0v) is 8.87. The third kappa shape index (κ3) is 3.62. The van der Waals surface area contributed by atoms with Gasteiger partial charge in [0.15, 0.2) is 0 Å². The minimum Gasteiger partial charge on any atom is -0.386 e. The normalized spacial score (nSPS) is 12.8. The molecule has 1 unspecified atom stereocenters. The molecule has 1 aromatic rings. The van der Waals surface area contributed by atoms with Crippen molar-refractivity contribution in [1.29, 1.82) is 0 Å². The molecule has 0 bridgehead atoms. The Balaban J connectivity index is 2.47. The Bertz CT molecular complexity index is 281. The highest BCUT2D eigenvalue weighted by molar-refractivity contribution is 6.29. The predicted octanol–water partition coefficient (Wildman–Crippen LogP) is 2.20. The smallest absolute Gasteiger partial charge is 0.129 e. The van der Waals surface area contributed by atoms with Gasteiger partial charge in [-0.05, 0) is 24.1 Å². The van der Waals surface area contributed by atoms with Gasteiger partial charge in [-0.2, -0.15) is 0 Å². The second-order valence-electron chi connectivity index (χ2n) is 3.00. The molecule has 1 atom stereocenters. The van der Waals surface area contributed by atoms with Gasteiger partial charge >= 0.3 is 0 Å². The van der Waals surface area contributed by atoms with Gasteiger partial charge in [-0.15, -0.1) is 0 Å². The Labute approximate surface area is 88.7 Å². The van der Waals surface area contributed by atoms with Crippen molar-refractivity contribution in [2.24, 2.45) is 0 Å². The molecule has 78 valence electrons. The maximum atomic E-state index is 9.66. The molecule has 0 saturated carbocycles. The molecule has 0 aliphatic heterocycles. The summed E-state index contributed by atoms with van der Waals surface area (Å²) in [7, 11) is 0. The Morgan fingerprint density at radius 1 is 1.64 bits per heavy atom. The molecule has 14 heavy (non-hydrogen) atoms. The van der Waals surface area contributed by atoms with Crippen LogP contribution in [0.1, 0.15) is 25.0 Å². The fraction of sp³-hybridized carbons (Fsp3) is 0.500. The van der Waals surface area contributed by atoms with Crippen LogP contribution in [0.15, 0.2) is 18.3 Å². The van der Waals surface area contributed by atoms with Crippen LogP contribution in [0.25, 0.3) is 0 Å². The molecule has 0 radical (unpaired) electrons. The van der Waals surface area contributed by atoms with E-state index in [1.807, 2.05) is 6.92 Å². The largest absolute Gasteiger partial charge is 0.386 e. The van der Waals surface area contributed by atoms with Crippen molar-refractivity contribution in [3.8, 4) is 0 Å². The number of aromatic nitrogens is 1. The van der Waals surface area contributed by atoms with E-state index in [-0.39, 0.29) is 0 Å². The summed E-state index contributed by atoms with van der Waals surface area (Å²) < 4.78 is 5.23. The lowest BCUT2D eigenvalue weighted by Gasteiger charge is -2.10. The van der Waals surface area contributed by atoms with Gasteiger partial charge in [0.25, 0.3) is 0 Å². The number of rotatable bonds is 5. The van der Waals surface area contributed by atoms with Gasteiger partial charge in [-0.1, -0.05) is 18.5 Å². The Morgan fingerprint density at radius 2 is 2.43 bits per heavy atom. The number of hydrogen-bond donors (Lipinski definition) is 1. The summed E-state index contributed by atoms with van der Waals surface area (Å²) >= 11 is 5.69.